The number of hydrogen-bond donors (Lipinski definition) is 0. The minimum atomic E-state index is -2.37. The molecule has 208 valence electrons. The first-order valence-corrected chi connectivity index (χ1v) is 16.1. The van der Waals surface area contributed by atoms with Gasteiger partial charge in [-0.15, -0.1) is 0 Å². The number of rotatable bonds is 7. The highest BCUT2D eigenvalue weighted by Crippen LogP contribution is 2.47. The second-order valence-electron chi connectivity index (χ2n) is 11.2. The van der Waals surface area contributed by atoms with Crippen LogP contribution in [0.5, 0.6) is 11.5 Å². The molecular weight excluding hydrogens is 555 g/mol. The normalized spacial score (nSPS) is 20.3. The van der Waals surface area contributed by atoms with E-state index in [1.54, 1.807) is 19.2 Å². The Bertz CT molecular complexity index is 993. The highest BCUT2D eigenvalue weighted by Gasteiger charge is 2.48. The Kier molecular flexibility index (Phi) is 9.31. The number of alkyl halides is 3. The molecule has 0 aliphatic carbocycles. The smallest absolute Gasteiger partial charge is 0.414 e. The highest BCUT2D eigenvalue weighted by molar-refractivity contribution is 6.78. The molecule has 1 fully saturated rings. The van der Waals surface area contributed by atoms with E-state index in [-0.39, 0.29) is 18.5 Å². The average molecular weight is 594 g/mol. The van der Waals surface area contributed by atoms with Crippen LogP contribution in [-0.2, 0) is 4.74 Å². The summed E-state index contributed by atoms with van der Waals surface area (Å²) in [6.07, 6.45) is 0.0939. The summed E-state index contributed by atoms with van der Waals surface area (Å²) in [4.78, 5) is 30.4. The fraction of sp³-hybridized carbons (Fsp3) is 0.692. The van der Waals surface area contributed by atoms with Crippen molar-refractivity contribution in [2.75, 3.05) is 31.7 Å². The van der Waals surface area contributed by atoms with Gasteiger partial charge in [0, 0.05) is 19.2 Å². The standard InChI is InChI=1S/C26H39Cl3N2O5Si/c1-15(2)37(16(3)4,17(5)6)36-23-11-21-20(10-22(23)34-8)24(32)30-12-18(7)9-19(30)13-31(21)25(33)35-14-26(27,28)29/h10-11,15-19H,9,12-14H2,1-8H3/t18-,19+/m1/s1. The van der Waals surface area contributed by atoms with Crippen molar-refractivity contribution in [3.05, 3.63) is 17.7 Å². The SMILES string of the molecule is COc1cc2c(cc1O[Si](C(C)C)(C(C)C)C(C)C)N(C(=O)OCC(Cl)(Cl)Cl)C[C@@H]1C[C@@H](C)CN1C2=O. The van der Waals surface area contributed by atoms with E-state index in [1.807, 2.05) is 4.90 Å². The lowest BCUT2D eigenvalue weighted by Crippen LogP contribution is -2.50. The Labute approximate surface area is 236 Å². The quantitative estimate of drug-likeness (QED) is 0.243. The summed E-state index contributed by atoms with van der Waals surface area (Å²) < 4.78 is 16.3. The Morgan fingerprint density at radius 1 is 1.05 bits per heavy atom. The zero-order valence-electron chi connectivity index (χ0n) is 22.9. The summed E-state index contributed by atoms with van der Waals surface area (Å²) in [5.41, 5.74) is 1.72. The van der Waals surface area contributed by atoms with Gasteiger partial charge in [-0.05, 0) is 35.0 Å². The third kappa shape index (κ3) is 6.12. The summed E-state index contributed by atoms with van der Waals surface area (Å²) in [6.45, 7) is 15.7. The molecule has 2 aliphatic rings. The Balaban J connectivity index is 2.16. The minimum absolute atomic E-state index is 0.147. The first-order chi connectivity index (χ1) is 17.1. The van der Waals surface area contributed by atoms with Crippen LogP contribution >= 0.6 is 34.8 Å². The van der Waals surface area contributed by atoms with E-state index in [4.69, 9.17) is 48.7 Å². The number of nitrogens with zero attached hydrogens (tertiary/aromatic N) is 2. The molecule has 0 N–H and O–H groups in total. The molecule has 0 unspecified atom stereocenters. The van der Waals surface area contributed by atoms with Crippen molar-refractivity contribution in [3.8, 4) is 11.5 Å². The van der Waals surface area contributed by atoms with Crippen molar-refractivity contribution in [3.63, 3.8) is 0 Å². The zero-order valence-corrected chi connectivity index (χ0v) is 26.2. The van der Waals surface area contributed by atoms with Gasteiger partial charge in [-0.25, -0.2) is 4.79 Å². The van der Waals surface area contributed by atoms with E-state index >= 15 is 0 Å². The molecular formula is C26H39Cl3N2O5Si. The van der Waals surface area contributed by atoms with E-state index < -0.39 is 24.8 Å². The van der Waals surface area contributed by atoms with Crippen LogP contribution in [0.25, 0.3) is 0 Å². The van der Waals surface area contributed by atoms with Gasteiger partial charge < -0.3 is 18.8 Å². The molecule has 7 nitrogen and oxygen atoms in total. The maximum atomic E-state index is 13.7. The molecule has 0 saturated carbocycles. The topological polar surface area (TPSA) is 68.3 Å². The van der Waals surface area contributed by atoms with Crippen LogP contribution in [0.4, 0.5) is 10.5 Å². The summed E-state index contributed by atoms with van der Waals surface area (Å²) >= 11 is 17.5. The van der Waals surface area contributed by atoms with Gasteiger partial charge in [-0.3, -0.25) is 9.69 Å². The van der Waals surface area contributed by atoms with Crippen LogP contribution in [0, 0.1) is 5.92 Å². The molecule has 0 aromatic heterocycles. The predicted molar refractivity (Wildman–Crippen MR) is 152 cm³/mol. The Morgan fingerprint density at radius 2 is 1.65 bits per heavy atom. The second kappa shape index (κ2) is 11.4. The lowest BCUT2D eigenvalue weighted by molar-refractivity contribution is 0.0743. The van der Waals surface area contributed by atoms with E-state index in [2.05, 4.69) is 48.5 Å². The molecule has 2 aliphatic heterocycles. The number of methoxy groups -OCH3 is 1. The average Bonchev–Trinajstić information content (AvgIpc) is 3.12. The molecule has 1 aromatic rings. The van der Waals surface area contributed by atoms with Crippen LogP contribution in [0.1, 0.15) is 65.2 Å². The molecule has 2 amide bonds. The fourth-order valence-electron chi connectivity index (χ4n) is 6.16. The molecule has 2 atom stereocenters. The van der Waals surface area contributed by atoms with Crippen LogP contribution in [0.3, 0.4) is 0 Å². The van der Waals surface area contributed by atoms with Crippen LogP contribution < -0.4 is 14.1 Å². The summed E-state index contributed by atoms with van der Waals surface area (Å²) in [5.74, 6) is 1.15. The van der Waals surface area contributed by atoms with Crippen LogP contribution in [0.15, 0.2) is 12.1 Å². The number of carbonyl (C=O) groups excluding carboxylic acids is 2. The molecule has 1 saturated heterocycles. The lowest BCUT2D eigenvalue weighted by atomic mass is 10.1. The van der Waals surface area contributed by atoms with Crippen molar-refractivity contribution in [2.24, 2.45) is 5.92 Å². The van der Waals surface area contributed by atoms with Crippen molar-refractivity contribution >= 4 is 60.8 Å². The number of carbonyl (C=O) groups is 2. The molecule has 3 rings (SSSR count). The van der Waals surface area contributed by atoms with Gasteiger partial charge in [0.2, 0.25) is 3.79 Å². The van der Waals surface area contributed by atoms with Crippen molar-refractivity contribution < 1.29 is 23.5 Å². The number of amides is 2. The molecule has 11 heteroatoms. The number of anilines is 1. The minimum Gasteiger partial charge on any atom is -0.540 e. The van der Waals surface area contributed by atoms with Crippen molar-refractivity contribution in [1.29, 1.82) is 0 Å². The number of hydrogen-bond acceptors (Lipinski definition) is 5. The van der Waals surface area contributed by atoms with Gasteiger partial charge in [0.1, 0.15) is 12.4 Å². The van der Waals surface area contributed by atoms with Crippen LogP contribution in [-0.4, -0.2) is 61.9 Å². The fourth-order valence-corrected chi connectivity index (χ4v) is 11.6. The second-order valence-corrected chi connectivity index (χ2v) is 19.1. The van der Waals surface area contributed by atoms with Gasteiger partial charge in [-0.1, -0.05) is 83.3 Å². The first-order valence-electron chi connectivity index (χ1n) is 12.8. The number of halogens is 3. The number of benzene rings is 1. The molecule has 1 aromatic carbocycles. The van der Waals surface area contributed by atoms with Gasteiger partial charge in [0.05, 0.1) is 24.4 Å². The third-order valence-corrected chi connectivity index (χ3v) is 14.0. The molecule has 2 heterocycles. The Hall–Kier alpha value is -1.35. The van der Waals surface area contributed by atoms with E-state index in [1.165, 1.54) is 4.90 Å². The van der Waals surface area contributed by atoms with Gasteiger partial charge >= 0.3 is 6.09 Å². The third-order valence-electron chi connectivity index (χ3n) is 7.65. The maximum absolute atomic E-state index is 13.7. The van der Waals surface area contributed by atoms with Crippen molar-refractivity contribution in [2.45, 2.75) is 81.3 Å². The van der Waals surface area contributed by atoms with Crippen LogP contribution in [0.2, 0.25) is 16.6 Å². The molecule has 37 heavy (non-hydrogen) atoms. The van der Waals surface area contributed by atoms with Gasteiger partial charge in [0.15, 0.2) is 5.75 Å². The van der Waals surface area contributed by atoms with Gasteiger partial charge in [0.25, 0.3) is 14.2 Å². The van der Waals surface area contributed by atoms with E-state index in [0.29, 0.717) is 51.8 Å². The van der Waals surface area contributed by atoms with Crippen molar-refractivity contribution in [1.82, 2.24) is 4.90 Å². The lowest BCUT2D eigenvalue weighted by Gasteiger charge is -2.42. The molecule has 0 spiro atoms. The predicted octanol–water partition coefficient (Wildman–Crippen LogP) is 7.43. The van der Waals surface area contributed by atoms with E-state index in [0.717, 1.165) is 6.42 Å². The maximum Gasteiger partial charge on any atom is 0.414 e. The largest absolute Gasteiger partial charge is 0.540 e. The first kappa shape index (κ1) is 30.2. The summed E-state index contributed by atoms with van der Waals surface area (Å²) in [6, 6.07) is 3.29. The Morgan fingerprint density at radius 3 is 2.16 bits per heavy atom. The molecule has 0 bridgehead atoms. The zero-order chi connectivity index (χ0) is 27.9. The van der Waals surface area contributed by atoms with E-state index in [9.17, 15) is 9.59 Å². The van der Waals surface area contributed by atoms with Gasteiger partial charge in [-0.2, -0.15) is 0 Å². The summed E-state index contributed by atoms with van der Waals surface area (Å²) in [7, 11) is -0.812. The monoisotopic (exact) mass is 592 g/mol. The summed E-state index contributed by atoms with van der Waals surface area (Å²) in [5, 5.41) is 0. The highest BCUT2D eigenvalue weighted by atomic mass is 35.6. The number of ether oxygens (including phenoxy) is 2. The molecule has 0 radical (unpaired) electrons. The number of fused-ring (bicyclic) bond motifs is 2.